The van der Waals surface area contributed by atoms with Gasteiger partial charge in [-0.15, -0.1) is 0 Å². The lowest BCUT2D eigenvalue weighted by Gasteiger charge is -2.46. The van der Waals surface area contributed by atoms with Crippen LogP contribution >= 0.6 is 23.2 Å². The van der Waals surface area contributed by atoms with Crippen LogP contribution in [-0.2, 0) is 0 Å². The first-order valence-electron chi connectivity index (χ1n) is 9.04. The molecule has 2 atom stereocenters. The van der Waals surface area contributed by atoms with Crippen LogP contribution in [0.1, 0.15) is 24.8 Å². The number of hydrogen-bond donors (Lipinski definition) is 1. The molecule has 0 fully saturated rings. The fourth-order valence-electron chi connectivity index (χ4n) is 4.36. The lowest BCUT2D eigenvalue weighted by atomic mass is 9.58. The summed E-state index contributed by atoms with van der Waals surface area (Å²) in [6.07, 6.45) is 2.95. The Hall–Kier alpha value is -2.49. The first-order valence-corrected chi connectivity index (χ1v) is 9.80. The second kappa shape index (κ2) is 7.86. The van der Waals surface area contributed by atoms with Crippen LogP contribution in [0, 0.1) is 45.3 Å². The summed E-state index contributed by atoms with van der Waals surface area (Å²) in [6, 6.07) is 11.4. The minimum absolute atomic E-state index is 0.0209. The van der Waals surface area contributed by atoms with Crippen molar-refractivity contribution in [3.8, 4) is 18.2 Å². The highest BCUT2D eigenvalue weighted by molar-refractivity contribution is 6.36. The van der Waals surface area contributed by atoms with E-state index in [9.17, 15) is 15.8 Å². The Morgan fingerprint density at radius 2 is 1.86 bits per heavy atom. The van der Waals surface area contributed by atoms with Crippen LogP contribution in [0.25, 0.3) is 0 Å². The van der Waals surface area contributed by atoms with E-state index in [2.05, 4.69) is 30.0 Å². The molecule has 0 saturated heterocycles. The third-order valence-electron chi connectivity index (χ3n) is 5.59. The highest BCUT2D eigenvalue weighted by atomic mass is 35.5. The smallest absolute Gasteiger partial charge is 0.191 e. The number of allylic oxidation sites excluding steroid dienone is 2. The minimum Gasteiger partial charge on any atom is -0.399 e. The zero-order chi connectivity index (χ0) is 20.5. The number of hydrogen-bond acceptors (Lipinski definition) is 5. The molecule has 1 heterocycles. The second-order valence-corrected chi connectivity index (χ2v) is 7.89. The van der Waals surface area contributed by atoms with Gasteiger partial charge >= 0.3 is 0 Å². The molecule has 1 aromatic rings. The molecule has 5 nitrogen and oxygen atoms in total. The zero-order valence-electron chi connectivity index (χ0n) is 15.4. The van der Waals surface area contributed by atoms with Gasteiger partial charge in [-0.05, 0) is 36.2 Å². The van der Waals surface area contributed by atoms with E-state index < -0.39 is 11.3 Å². The van der Waals surface area contributed by atoms with E-state index in [1.54, 1.807) is 18.2 Å². The van der Waals surface area contributed by atoms with Gasteiger partial charge in [-0.25, -0.2) is 0 Å². The number of rotatable bonds is 3. The van der Waals surface area contributed by atoms with Crippen LogP contribution in [0.15, 0.2) is 41.1 Å². The first kappa shape index (κ1) is 20.2. The quantitative estimate of drug-likeness (QED) is 0.805. The maximum Gasteiger partial charge on any atom is 0.191 e. The largest absolute Gasteiger partial charge is 0.399 e. The molecule has 1 aliphatic carbocycles. The first-order chi connectivity index (χ1) is 13.4. The summed E-state index contributed by atoms with van der Waals surface area (Å²) in [7, 11) is 0. The topological polar surface area (TPSA) is 101 Å². The van der Waals surface area contributed by atoms with Gasteiger partial charge in [0.25, 0.3) is 0 Å². The third kappa shape index (κ3) is 2.95. The van der Waals surface area contributed by atoms with Gasteiger partial charge in [-0.2, -0.15) is 15.8 Å². The van der Waals surface area contributed by atoms with Crippen LogP contribution < -0.4 is 5.73 Å². The molecule has 0 radical (unpaired) electrons. The van der Waals surface area contributed by atoms with Crippen molar-refractivity contribution in [3.05, 3.63) is 56.7 Å². The average molecular weight is 412 g/mol. The van der Waals surface area contributed by atoms with Crippen molar-refractivity contribution < 1.29 is 0 Å². The van der Waals surface area contributed by atoms with Crippen LogP contribution in [0.5, 0.6) is 0 Å². The van der Waals surface area contributed by atoms with E-state index in [1.165, 1.54) is 0 Å². The Morgan fingerprint density at radius 3 is 2.39 bits per heavy atom. The fraction of sp³-hybridized carbons (Fsp3) is 0.381. The summed E-state index contributed by atoms with van der Waals surface area (Å²) in [5.74, 6) is -0.967. The van der Waals surface area contributed by atoms with E-state index in [4.69, 9.17) is 28.9 Å². The van der Waals surface area contributed by atoms with Gasteiger partial charge in [-0.1, -0.05) is 42.3 Å². The van der Waals surface area contributed by atoms with Gasteiger partial charge in [0, 0.05) is 35.0 Å². The predicted molar refractivity (Wildman–Crippen MR) is 108 cm³/mol. The molecule has 2 N–H and O–H groups in total. The Morgan fingerprint density at radius 1 is 1.21 bits per heavy atom. The average Bonchev–Trinajstić information content (AvgIpc) is 2.69. The van der Waals surface area contributed by atoms with E-state index >= 15 is 0 Å². The van der Waals surface area contributed by atoms with E-state index in [0.29, 0.717) is 28.7 Å². The van der Waals surface area contributed by atoms with Gasteiger partial charge in [-0.3, -0.25) is 4.90 Å². The molecule has 3 rings (SSSR count). The van der Waals surface area contributed by atoms with Crippen LogP contribution in [-0.4, -0.2) is 24.5 Å². The van der Waals surface area contributed by atoms with Crippen molar-refractivity contribution in [2.75, 3.05) is 19.6 Å². The normalized spacial score (nSPS) is 23.8. The summed E-state index contributed by atoms with van der Waals surface area (Å²) >= 11 is 13.0. The highest BCUT2D eigenvalue weighted by Gasteiger charge is 2.55. The van der Waals surface area contributed by atoms with Gasteiger partial charge < -0.3 is 5.73 Å². The number of halogens is 2. The molecule has 0 bridgehead atoms. The highest BCUT2D eigenvalue weighted by Crippen LogP contribution is 2.56. The minimum atomic E-state index is -1.73. The van der Waals surface area contributed by atoms with E-state index in [0.717, 1.165) is 18.5 Å². The lowest BCUT2D eigenvalue weighted by molar-refractivity contribution is 0.207. The van der Waals surface area contributed by atoms with Gasteiger partial charge in [0.1, 0.15) is 6.07 Å². The maximum atomic E-state index is 10.1. The molecule has 2 aliphatic rings. The molecule has 1 aliphatic heterocycles. The number of nitrogens with two attached hydrogens (primary N) is 1. The maximum absolute atomic E-state index is 10.1. The van der Waals surface area contributed by atoms with Crippen molar-refractivity contribution in [1.82, 2.24) is 4.90 Å². The molecule has 142 valence electrons. The number of nitriles is 3. The molecule has 0 aromatic heterocycles. The molecule has 7 heteroatoms. The summed E-state index contributed by atoms with van der Waals surface area (Å²) in [6.45, 7) is 4.25. The summed E-state index contributed by atoms with van der Waals surface area (Å²) in [4.78, 5) is 2.24. The second-order valence-electron chi connectivity index (χ2n) is 7.07. The van der Waals surface area contributed by atoms with Crippen molar-refractivity contribution in [3.63, 3.8) is 0 Å². The Labute approximate surface area is 174 Å². The monoisotopic (exact) mass is 411 g/mol. The van der Waals surface area contributed by atoms with E-state index in [1.807, 2.05) is 6.08 Å². The standard InChI is InChI=1S/C21H19Cl2N5/c1-2-7-28-8-6-13-14(9-24)20(27)21(11-25,12-26)19(15(13)10-28)18-16(22)4-3-5-17(18)23/h3-6,15,19H,2,7-8,10,27H2,1H3/t15-,19+/m0/s1. The molecule has 0 unspecified atom stereocenters. The van der Waals surface area contributed by atoms with Crippen LogP contribution in [0.4, 0.5) is 0 Å². The molecule has 0 saturated carbocycles. The third-order valence-corrected chi connectivity index (χ3v) is 6.25. The Kier molecular flexibility index (Phi) is 5.69. The lowest BCUT2D eigenvalue weighted by Crippen LogP contribution is -2.48. The van der Waals surface area contributed by atoms with Crippen molar-refractivity contribution in [2.24, 2.45) is 17.1 Å². The van der Waals surface area contributed by atoms with Crippen molar-refractivity contribution in [2.45, 2.75) is 19.3 Å². The molecule has 0 amide bonds. The molecule has 28 heavy (non-hydrogen) atoms. The Balaban J connectivity index is 2.34. The zero-order valence-corrected chi connectivity index (χ0v) is 16.9. The van der Waals surface area contributed by atoms with E-state index in [-0.39, 0.29) is 17.2 Å². The Bertz CT molecular complexity index is 955. The number of fused-ring (bicyclic) bond motifs is 1. The summed E-state index contributed by atoms with van der Waals surface area (Å²) in [5, 5.41) is 30.7. The van der Waals surface area contributed by atoms with Crippen LogP contribution in [0.3, 0.4) is 0 Å². The van der Waals surface area contributed by atoms with Crippen molar-refractivity contribution in [1.29, 1.82) is 15.8 Å². The van der Waals surface area contributed by atoms with Gasteiger partial charge in [0.15, 0.2) is 5.41 Å². The predicted octanol–water partition coefficient (Wildman–Crippen LogP) is 4.13. The number of benzene rings is 1. The summed E-state index contributed by atoms with van der Waals surface area (Å²) in [5.41, 5.74) is 6.07. The molecule has 1 aromatic carbocycles. The molecule has 0 spiro atoms. The molecular weight excluding hydrogens is 393 g/mol. The van der Waals surface area contributed by atoms with Crippen molar-refractivity contribution >= 4 is 23.2 Å². The SMILES string of the molecule is CCCN1CC=C2C(C#N)=C(N)C(C#N)(C#N)[C@@H](c3c(Cl)cccc3Cl)[C@H]2C1. The summed E-state index contributed by atoms with van der Waals surface area (Å²) < 4.78 is 0. The fourth-order valence-corrected chi connectivity index (χ4v) is 4.99. The van der Waals surface area contributed by atoms with Crippen LogP contribution in [0.2, 0.25) is 10.0 Å². The van der Waals surface area contributed by atoms with Gasteiger partial charge in [0.05, 0.1) is 23.4 Å². The molecular formula is C21H19Cl2N5. The van der Waals surface area contributed by atoms with Gasteiger partial charge in [0.2, 0.25) is 0 Å². The number of nitrogens with zero attached hydrogens (tertiary/aromatic N) is 4.